The summed E-state index contributed by atoms with van der Waals surface area (Å²) in [4.78, 5) is 0. The van der Waals surface area contributed by atoms with Gasteiger partial charge >= 0.3 is 0 Å². The summed E-state index contributed by atoms with van der Waals surface area (Å²) in [7, 11) is 1.91. The number of ether oxygens (including phenoxy) is 1. The highest BCUT2D eigenvalue weighted by molar-refractivity contribution is 5.40. The Bertz CT molecular complexity index is 337. The summed E-state index contributed by atoms with van der Waals surface area (Å²) in [6.45, 7) is 6.40. The molecule has 0 aliphatic heterocycles. The molecule has 0 bridgehead atoms. The van der Waals surface area contributed by atoms with E-state index in [1.165, 1.54) is 0 Å². The Hall–Kier alpha value is -1.06. The topological polar surface area (TPSA) is 41.5 Å². The van der Waals surface area contributed by atoms with Crippen LogP contribution in [0.5, 0.6) is 5.75 Å². The van der Waals surface area contributed by atoms with Gasteiger partial charge in [-0.1, -0.05) is 18.2 Å². The SMILES string of the molecule is CNCc1cccc(C)c1OC(C)C(C)O. The Labute approximate surface area is 97.4 Å². The van der Waals surface area contributed by atoms with Crippen LogP contribution in [0, 0.1) is 6.92 Å². The fraction of sp³-hybridized carbons (Fsp3) is 0.538. The number of aliphatic hydroxyl groups excluding tert-OH is 1. The van der Waals surface area contributed by atoms with Crippen molar-refractivity contribution in [2.24, 2.45) is 0 Å². The molecule has 0 spiro atoms. The number of aliphatic hydroxyl groups is 1. The number of rotatable bonds is 5. The zero-order valence-corrected chi connectivity index (χ0v) is 10.4. The smallest absolute Gasteiger partial charge is 0.127 e. The maximum absolute atomic E-state index is 9.45. The number of nitrogens with one attached hydrogen (secondary N) is 1. The summed E-state index contributed by atoms with van der Waals surface area (Å²) < 4.78 is 5.80. The Morgan fingerprint density at radius 1 is 1.38 bits per heavy atom. The Kier molecular flexibility index (Phi) is 4.77. The molecule has 90 valence electrons. The highest BCUT2D eigenvalue weighted by Crippen LogP contribution is 2.25. The zero-order valence-electron chi connectivity index (χ0n) is 10.4. The molecule has 2 unspecified atom stereocenters. The lowest BCUT2D eigenvalue weighted by Crippen LogP contribution is -2.26. The number of hydrogen-bond donors (Lipinski definition) is 2. The third-order valence-corrected chi connectivity index (χ3v) is 2.64. The van der Waals surface area contributed by atoms with Crippen molar-refractivity contribution in [1.29, 1.82) is 0 Å². The van der Waals surface area contributed by atoms with Crippen molar-refractivity contribution >= 4 is 0 Å². The fourth-order valence-corrected chi connectivity index (χ4v) is 1.50. The van der Waals surface area contributed by atoms with E-state index in [-0.39, 0.29) is 6.10 Å². The van der Waals surface area contributed by atoms with Crippen molar-refractivity contribution in [1.82, 2.24) is 5.32 Å². The van der Waals surface area contributed by atoms with Crippen molar-refractivity contribution in [3.63, 3.8) is 0 Å². The highest BCUT2D eigenvalue weighted by Gasteiger charge is 2.14. The second-order valence-electron chi connectivity index (χ2n) is 4.16. The molecule has 3 nitrogen and oxygen atoms in total. The fourth-order valence-electron chi connectivity index (χ4n) is 1.50. The molecule has 1 aromatic rings. The van der Waals surface area contributed by atoms with Crippen LogP contribution in [0.1, 0.15) is 25.0 Å². The van der Waals surface area contributed by atoms with Gasteiger partial charge in [-0.25, -0.2) is 0 Å². The molecule has 1 rings (SSSR count). The number of hydrogen-bond acceptors (Lipinski definition) is 3. The molecule has 1 aromatic carbocycles. The van der Waals surface area contributed by atoms with Crippen LogP contribution in [0.4, 0.5) is 0 Å². The minimum atomic E-state index is -0.470. The second-order valence-corrected chi connectivity index (χ2v) is 4.16. The van der Waals surface area contributed by atoms with E-state index in [9.17, 15) is 5.11 Å². The summed E-state index contributed by atoms with van der Waals surface area (Å²) in [6.07, 6.45) is -0.668. The summed E-state index contributed by atoms with van der Waals surface area (Å²) in [6, 6.07) is 6.07. The van der Waals surface area contributed by atoms with Gasteiger partial charge in [-0.05, 0) is 33.4 Å². The van der Waals surface area contributed by atoms with Crippen LogP contribution in [0.15, 0.2) is 18.2 Å². The molecule has 0 aromatic heterocycles. The van der Waals surface area contributed by atoms with Crippen molar-refractivity contribution in [2.45, 2.75) is 39.5 Å². The first-order valence-electron chi connectivity index (χ1n) is 5.64. The van der Waals surface area contributed by atoms with Crippen molar-refractivity contribution in [3.05, 3.63) is 29.3 Å². The van der Waals surface area contributed by atoms with Gasteiger partial charge in [0.05, 0.1) is 6.10 Å². The third kappa shape index (κ3) is 3.22. The molecule has 3 heteroatoms. The van der Waals surface area contributed by atoms with E-state index in [0.717, 1.165) is 23.4 Å². The molecule has 0 saturated carbocycles. The largest absolute Gasteiger partial charge is 0.487 e. The standard InChI is InChI=1S/C13H21NO2/c1-9-6-5-7-12(8-14-4)13(9)16-11(3)10(2)15/h5-7,10-11,14-15H,8H2,1-4H3. The van der Waals surface area contributed by atoms with Crippen LogP contribution < -0.4 is 10.1 Å². The van der Waals surface area contributed by atoms with Gasteiger partial charge in [0, 0.05) is 12.1 Å². The van der Waals surface area contributed by atoms with E-state index < -0.39 is 6.10 Å². The van der Waals surface area contributed by atoms with Crippen molar-refractivity contribution < 1.29 is 9.84 Å². The van der Waals surface area contributed by atoms with E-state index >= 15 is 0 Å². The van der Waals surface area contributed by atoms with Crippen LogP contribution in [0.2, 0.25) is 0 Å². The van der Waals surface area contributed by atoms with Crippen molar-refractivity contribution in [2.75, 3.05) is 7.05 Å². The number of aryl methyl sites for hydroxylation is 1. The first kappa shape index (κ1) is 13.0. The van der Waals surface area contributed by atoms with Gasteiger partial charge in [-0.15, -0.1) is 0 Å². The maximum Gasteiger partial charge on any atom is 0.127 e. The number of para-hydroxylation sites is 1. The summed E-state index contributed by atoms with van der Waals surface area (Å²) >= 11 is 0. The summed E-state index contributed by atoms with van der Waals surface area (Å²) in [5.74, 6) is 0.880. The quantitative estimate of drug-likeness (QED) is 0.800. The first-order valence-corrected chi connectivity index (χ1v) is 5.64. The molecular formula is C13H21NO2. The molecule has 2 N–H and O–H groups in total. The lowest BCUT2D eigenvalue weighted by atomic mass is 10.1. The molecule has 0 aliphatic rings. The Balaban J connectivity index is 2.91. The number of benzene rings is 1. The molecule has 0 saturated heterocycles. The van der Waals surface area contributed by atoms with E-state index in [2.05, 4.69) is 5.32 Å². The second kappa shape index (κ2) is 5.87. The van der Waals surface area contributed by atoms with Crippen LogP contribution in [0.3, 0.4) is 0 Å². The van der Waals surface area contributed by atoms with E-state index in [1.807, 2.05) is 39.1 Å². The molecular weight excluding hydrogens is 202 g/mol. The maximum atomic E-state index is 9.45. The van der Waals surface area contributed by atoms with Gasteiger partial charge < -0.3 is 15.2 Å². The third-order valence-electron chi connectivity index (χ3n) is 2.64. The van der Waals surface area contributed by atoms with Crippen LogP contribution >= 0.6 is 0 Å². The van der Waals surface area contributed by atoms with Gasteiger partial charge in [-0.3, -0.25) is 0 Å². The van der Waals surface area contributed by atoms with Gasteiger partial charge in [0.25, 0.3) is 0 Å². The lowest BCUT2D eigenvalue weighted by Gasteiger charge is -2.21. The monoisotopic (exact) mass is 223 g/mol. The molecule has 0 heterocycles. The van der Waals surface area contributed by atoms with E-state index in [1.54, 1.807) is 6.92 Å². The average Bonchev–Trinajstić information content (AvgIpc) is 2.23. The van der Waals surface area contributed by atoms with Gasteiger partial charge in [0.2, 0.25) is 0 Å². The van der Waals surface area contributed by atoms with Gasteiger partial charge in [-0.2, -0.15) is 0 Å². The zero-order chi connectivity index (χ0) is 12.1. The first-order chi connectivity index (χ1) is 7.56. The van der Waals surface area contributed by atoms with Gasteiger partial charge in [0.15, 0.2) is 0 Å². The molecule has 0 fully saturated rings. The van der Waals surface area contributed by atoms with Crippen LogP contribution in [-0.2, 0) is 6.54 Å². The van der Waals surface area contributed by atoms with Crippen LogP contribution in [-0.4, -0.2) is 24.4 Å². The minimum absolute atomic E-state index is 0.197. The predicted octanol–water partition coefficient (Wildman–Crippen LogP) is 1.86. The van der Waals surface area contributed by atoms with E-state index in [0.29, 0.717) is 0 Å². The minimum Gasteiger partial charge on any atom is -0.487 e. The average molecular weight is 223 g/mol. The molecule has 0 amide bonds. The molecule has 16 heavy (non-hydrogen) atoms. The van der Waals surface area contributed by atoms with E-state index in [4.69, 9.17) is 4.74 Å². The Morgan fingerprint density at radius 3 is 2.62 bits per heavy atom. The summed E-state index contributed by atoms with van der Waals surface area (Å²) in [5, 5.41) is 12.6. The Morgan fingerprint density at radius 2 is 2.06 bits per heavy atom. The highest BCUT2D eigenvalue weighted by atomic mass is 16.5. The summed E-state index contributed by atoms with van der Waals surface area (Å²) in [5.41, 5.74) is 2.22. The van der Waals surface area contributed by atoms with Crippen LogP contribution in [0.25, 0.3) is 0 Å². The van der Waals surface area contributed by atoms with Gasteiger partial charge in [0.1, 0.15) is 11.9 Å². The normalized spacial score (nSPS) is 14.6. The van der Waals surface area contributed by atoms with Crippen molar-refractivity contribution in [3.8, 4) is 5.75 Å². The lowest BCUT2D eigenvalue weighted by molar-refractivity contribution is 0.0593. The molecule has 2 atom stereocenters. The molecule has 0 radical (unpaired) electrons. The molecule has 0 aliphatic carbocycles. The predicted molar refractivity (Wildman–Crippen MR) is 65.7 cm³/mol.